The average Bonchev–Trinajstić information content (AvgIpc) is 3.35. The van der Waals surface area contributed by atoms with Crippen molar-refractivity contribution < 1.29 is 13.2 Å². The van der Waals surface area contributed by atoms with Crippen molar-refractivity contribution in [1.82, 2.24) is 14.5 Å². The Morgan fingerprint density at radius 3 is 2.61 bits per heavy atom. The van der Waals surface area contributed by atoms with Crippen molar-refractivity contribution >= 4 is 33.0 Å². The number of carbonyl (C=O) groups is 1. The van der Waals surface area contributed by atoms with E-state index in [0.717, 1.165) is 37.4 Å². The maximum Gasteiger partial charge on any atom is 0.240 e. The molecule has 9 heteroatoms. The van der Waals surface area contributed by atoms with Crippen molar-refractivity contribution in [2.75, 3.05) is 44.7 Å². The summed E-state index contributed by atoms with van der Waals surface area (Å²) >= 11 is 1.66. The zero-order valence-corrected chi connectivity index (χ0v) is 19.9. The molecule has 1 amide bonds. The number of piperazine rings is 1. The minimum absolute atomic E-state index is 0.0196. The molecule has 0 radical (unpaired) electrons. The molecule has 168 valence electrons. The summed E-state index contributed by atoms with van der Waals surface area (Å²) in [6.07, 6.45) is 0.664. The summed E-state index contributed by atoms with van der Waals surface area (Å²) in [5.74, 6) is -0.0223. The summed E-state index contributed by atoms with van der Waals surface area (Å²) in [5.41, 5.74) is 1.72. The smallest absolute Gasteiger partial charge is 0.240 e. The molecule has 2 aliphatic heterocycles. The van der Waals surface area contributed by atoms with Crippen molar-refractivity contribution in [3.63, 3.8) is 0 Å². The van der Waals surface area contributed by atoms with E-state index >= 15 is 0 Å². The molecule has 0 saturated carbocycles. The Kier molecular flexibility index (Phi) is 6.50. The number of carbonyl (C=O) groups excluding carboxylic acids is 1. The van der Waals surface area contributed by atoms with E-state index in [1.165, 1.54) is 4.88 Å². The van der Waals surface area contributed by atoms with Crippen LogP contribution in [0.5, 0.6) is 0 Å². The first kappa shape index (κ1) is 22.4. The number of hydrogen-bond donors (Lipinski definition) is 1. The molecule has 7 nitrogen and oxygen atoms in total. The largest absolute Gasteiger partial charge is 0.309 e. The fourth-order valence-corrected chi connectivity index (χ4v) is 6.50. The summed E-state index contributed by atoms with van der Waals surface area (Å²) in [6.45, 7) is 7.64. The van der Waals surface area contributed by atoms with Crippen LogP contribution in [0.1, 0.15) is 30.3 Å². The van der Waals surface area contributed by atoms with Gasteiger partial charge in [0.05, 0.1) is 10.9 Å². The number of rotatable bonds is 6. The van der Waals surface area contributed by atoms with Crippen molar-refractivity contribution in [3.8, 4) is 0 Å². The first-order chi connectivity index (χ1) is 14.8. The fourth-order valence-electron chi connectivity index (χ4n) is 4.55. The number of likely N-dealkylation sites (N-methyl/N-ethyl adjacent to an activating group) is 1. The second-order valence-electron chi connectivity index (χ2n) is 8.46. The zero-order valence-electron chi connectivity index (χ0n) is 18.2. The molecule has 2 aromatic rings. The Balaban J connectivity index is 1.52. The Hall–Kier alpha value is -1.78. The van der Waals surface area contributed by atoms with E-state index in [1.54, 1.807) is 41.4 Å². The number of sulfonamides is 1. The van der Waals surface area contributed by atoms with Crippen molar-refractivity contribution in [1.29, 1.82) is 0 Å². The fraction of sp³-hybridized carbons (Fsp3) is 0.500. The molecule has 0 aliphatic carbocycles. The van der Waals surface area contributed by atoms with E-state index in [4.69, 9.17) is 0 Å². The molecule has 2 aliphatic rings. The number of benzene rings is 1. The number of hydrogen-bond acceptors (Lipinski definition) is 6. The lowest BCUT2D eigenvalue weighted by atomic mass is 10.1. The molecular weight excluding hydrogens is 432 g/mol. The molecule has 2 atom stereocenters. The Morgan fingerprint density at radius 2 is 1.97 bits per heavy atom. The highest BCUT2D eigenvalue weighted by Gasteiger charge is 2.31. The van der Waals surface area contributed by atoms with Gasteiger partial charge in [0.1, 0.15) is 0 Å². The Bertz CT molecular complexity index is 1030. The van der Waals surface area contributed by atoms with Gasteiger partial charge in [0.25, 0.3) is 0 Å². The van der Waals surface area contributed by atoms with Crippen LogP contribution in [0.3, 0.4) is 0 Å². The van der Waals surface area contributed by atoms with Crippen LogP contribution in [0.25, 0.3) is 0 Å². The third-order valence-electron chi connectivity index (χ3n) is 6.23. The van der Waals surface area contributed by atoms with Gasteiger partial charge < -0.3 is 9.80 Å². The molecule has 1 saturated heterocycles. The Morgan fingerprint density at radius 1 is 1.23 bits per heavy atom. The lowest BCUT2D eigenvalue weighted by Gasteiger charge is -2.37. The number of nitrogens with one attached hydrogen (secondary N) is 1. The van der Waals surface area contributed by atoms with Crippen LogP contribution >= 0.6 is 11.3 Å². The van der Waals surface area contributed by atoms with Gasteiger partial charge in [-0.05, 0) is 55.6 Å². The highest BCUT2D eigenvalue weighted by molar-refractivity contribution is 7.89. The number of amides is 1. The molecule has 1 aromatic heterocycles. The number of nitrogens with zero attached hydrogens (tertiary/aromatic N) is 3. The van der Waals surface area contributed by atoms with Crippen molar-refractivity contribution in [3.05, 3.63) is 46.2 Å². The van der Waals surface area contributed by atoms with E-state index in [9.17, 15) is 13.2 Å². The van der Waals surface area contributed by atoms with Crippen LogP contribution < -0.4 is 9.62 Å². The summed E-state index contributed by atoms with van der Waals surface area (Å²) in [4.78, 5) is 19.8. The standard InChI is InChI=1S/C22H30N4O3S2/c1-16-13-18-14-19(6-7-20(18)26(16)17(2)27)31(28,29)23-15-21(22-5-4-12-30-22)25-10-8-24(3)9-11-25/h4-7,12,14,16,21,23H,8-11,13,15H2,1-3H3/t16-,21-/m0/s1. The van der Waals surface area contributed by atoms with Gasteiger partial charge in [0, 0.05) is 56.3 Å². The van der Waals surface area contributed by atoms with E-state index in [0.29, 0.717) is 13.0 Å². The molecule has 1 N–H and O–H groups in total. The van der Waals surface area contributed by atoms with Gasteiger partial charge in [-0.25, -0.2) is 13.1 Å². The monoisotopic (exact) mass is 462 g/mol. The van der Waals surface area contributed by atoms with E-state index in [1.807, 2.05) is 18.4 Å². The molecule has 4 rings (SSSR count). The molecule has 0 spiro atoms. The maximum atomic E-state index is 13.1. The minimum Gasteiger partial charge on any atom is -0.309 e. The van der Waals surface area contributed by atoms with Crippen LogP contribution in [0.4, 0.5) is 5.69 Å². The molecular formula is C22H30N4O3S2. The van der Waals surface area contributed by atoms with Crippen molar-refractivity contribution in [2.24, 2.45) is 0 Å². The third kappa shape index (κ3) is 4.70. The molecule has 1 fully saturated rings. The van der Waals surface area contributed by atoms with Crippen LogP contribution in [0.15, 0.2) is 40.6 Å². The number of fused-ring (bicyclic) bond motifs is 1. The molecule has 0 bridgehead atoms. The molecule has 0 unspecified atom stereocenters. The van der Waals surface area contributed by atoms with E-state index in [-0.39, 0.29) is 22.9 Å². The average molecular weight is 463 g/mol. The topological polar surface area (TPSA) is 73.0 Å². The first-order valence-electron chi connectivity index (χ1n) is 10.6. The summed E-state index contributed by atoms with van der Waals surface area (Å²) in [5, 5.41) is 2.04. The number of anilines is 1. The quantitative estimate of drug-likeness (QED) is 0.713. The Labute approximate surface area is 188 Å². The predicted octanol–water partition coefficient (Wildman–Crippen LogP) is 2.31. The summed E-state index contributed by atoms with van der Waals surface area (Å²) < 4.78 is 29.1. The van der Waals surface area contributed by atoms with Crippen LogP contribution in [0.2, 0.25) is 0 Å². The van der Waals surface area contributed by atoms with Gasteiger partial charge in [-0.15, -0.1) is 11.3 Å². The van der Waals surface area contributed by atoms with Crippen LogP contribution in [-0.2, 0) is 21.2 Å². The first-order valence-corrected chi connectivity index (χ1v) is 13.0. The minimum atomic E-state index is -3.66. The van der Waals surface area contributed by atoms with Crippen LogP contribution in [-0.4, -0.2) is 69.9 Å². The van der Waals surface area contributed by atoms with E-state index < -0.39 is 10.0 Å². The van der Waals surface area contributed by atoms with Gasteiger partial charge in [0.2, 0.25) is 15.9 Å². The van der Waals surface area contributed by atoms with Gasteiger partial charge in [-0.1, -0.05) is 6.07 Å². The molecule has 31 heavy (non-hydrogen) atoms. The maximum absolute atomic E-state index is 13.1. The summed E-state index contributed by atoms with van der Waals surface area (Å²) in [6, 6.07) is 9.23. The van der Waals surface area contributed by atoms with E-state index in [2.05, 4.69) is 27.6 Å². The van der Waals surface area contributed by atoms with Gasteiger partial charge in [-0.3, -0.25) is 9.69 Å². The predicted molar refractivity (Wildman–Crippen MR) is 124 cm³/mol. The van der Waals surface area contributed by atoms with Gasteiger partial charge >= 0.3 is 0 Å². The van der Waals surface area contributed by atoms with Crippen molar-refractivity contribution in [2.45, 2.75) is 37.2 Å². The van der Waals surface area contributed by atoms with Gasteiger partial charge in [0.15, 0.2) is 0 Å². The second-order valence-corrected chi connectivity index (χ2v) is 11.2. The molecule has 1 aromatic carbocycles. The zero-order chi connectivity index (χ0) is 22.2. The lowest BCUT2D eigenvalue weighted by Crippen LogP contribution is -2.48. The second kappa shape index (κ2) is 8.99. The van der Waals surface area contributed by atoms with Crippen LogP contribution in [0, 0.1) is 0 Å². The normalized spacial score (nSPS) is 21.3. The SMILES string of the molecule is CC(=O)N1c2ccc(S(=O)(=O)NC[C@@H](c3cccs3)N3CCN(C)CC3)cc2C[C@@H]1C. The van der Waals surface area contributed by atoms with Gasteiger partial charge in [-0.2, -0.15) is 0 Å². The third-order valence-corrected chi connectivity index (χ3v) is 8.63. The number of thiophene rings is 1. The molecule has 3 heterocycles. The lowest BCUT2D eigenvalue weighted by molar-refractivity contribution is -0.116. The highest BCUT2D eigenvalue weighted by atomic mass is 32.2. The summed E-state index contributed by atoms with van der Waals surface area (Å²) in [7, 11) is -1.55. The highest BCUT2D eigenvalue weighted by Crippen LogP contribution is 2.34.